The quantitative estimate of drug-likeness (QED) is 0.310. The lowest BCUT2D eigenvalue weighted by atomic mass is 10.1. The highest BCUT2D eigenvalue weighted by molar-refractivity contribution is 7.21. The minimum atomic E-state index is -0.649. The van der Waals surface area contributed by atoms with E-state index in [1.165, 1.54) is 11.3 Å². The average Bonchev–Trinajstić information content (AvgIpc) is 3.51. The van der Waals surface area contributed by atoms with Gasteiger partial charge in [0.15, 0.2) is 0 Å². The second-order valence-corrected chi connectivity index (χ2v) is 8.21. The molecule has 1 aromatic carbocycles. The first-order valence-corrected chi connectivity index (χ1v) is 10.4. The minimum absolute atomic E-state index is 0.185. The number of pyridine rings is 1. The Kier molecular flexibility index (Phi) is 4.63. The van der Waals surface area contributed by atoms with Crippen molar-refractivity contribution < 1.29 is 9.72 Å². The van der Waals surface area contributed by atoms with Crippen LogP contribution in [0.4, 0.5) is 5.69 Å². The van der Waals surface area contributed by atoms with Gasteiger partial charge in [0.1, 0.15) is 27.1 Å². The Morgan fingerprint density at radius 1 is 1.31 bits per heavy atom. The number of aromatic nitrogens is 6. The number of carbonyl (C=O) groups excluding carboxylic acids is 1. The zero-order chi connectivity index (χ0) is 22.4. The number of carbonyl (C=O) groups is 1. The van der Waals surface area contributed by atoms with E-state index in [1.807, 2.05) is 35.9 Å². The number of nitrogens with one attached hydrogen (secondary N) is 2. The Morgan fingerprint density at radius 3 is 2.97 bits per heavy atom. The number of nitrogens with zero attached hydrogens (tertiary/aromatic N) is 6. The molecule has 0 aliphatic rings. The van der Waals surface area contributed by atoms with E-state index in [0.29, 0.717) is 0 Å². The number of aryl methyl sites for hydroxylation is 1. The second kappa shape index (κ2) is 7.50. The zero-order valence-corrected chi connectivity index (χ0v) is 17.8. The summed E-state index contributed by atoms with van der Waals surface area (Å²) >= 11 is 1.48. The summed E-state index contributed by atoms with van der Waals surface area (Å²) in [7, 11) is 1.92. The molecule has 160 valence electrons. The summed E-state index contributed by atoms with van der Waals surface area (Å²) in [4.78, 5) is 37.3. The van der Waals surface area contributed by atoms with Crippen LogP contribution in [0.5, 0.6) is 0 Å². The van der Waals surface area contributed by atoms with Crippen LogP contribution < -0.4 is 5.32 Å². The van der Waals surface area contributed by atoms with Crippen molar-refractivity contribution >= 4 is 44.3 Å². The Labute approximate surface area is 184 Å². The molecule has 4 aromatic heterocycles. The van der Waals surface area contributed by atoms with Crippen molar-refractivity contribution in [3.8, 4) is 10.6 Å². The average molecular weight is 448 g/mol. The minimum Gasteiger partial charge on any atom is -0.344 e. The maximum atomic E-state index is 12.5. The van der Waals surface area contributed by atoms with Crippen molar-refractivity contribution in [3.63, 3.8) is 0 Å². The van der Waals surface area contributed by atoms with Gasteiger partial charge in [-0.25, -0.2) is 15.0 Å². The molecule has 11 nitrogen and oxygen atoms in total. The molecule has 4 heterocycles. The molecule has 0 fully saturated rings. The molecule has 12 heteroatoms. The highest BCUT2D eigenvalue weighted by atomic mass is 32.1. The van der Waals surface area contributed by atoms with Crippen LogP contribution in [0.3, 0.4) is 0 Å². The van der Waals surface area contributed by atoms with E-state index in [9.17, 15) is 14.9 Å². The normalized spacial score (nSPS) is 12.3. The first-order chi connectivity index (χ1) is 15.4. The van der Waals surface area contributed by atoms with E-state index in [-0.39, 0.29) is 11.4 Å². The molecule has 0 spiro atoms. The van der Waals surface area contributed by atoms with Gasteiger partial charge >= 0.3 is 5.69 Å². The van der Waals surface area contributed by atoms with E-state index in [0.717, 1.165) is 43.7 Å². The fourth-order valence-electron chi connectivity index (χ4n) is 3.51. The van der Waals surface area contributed by atoms with E-state index in [2.05, 4.69) is 25.5 Å². The van der Waals surface area contributed by atoms with Crippen molar-refractivity contribution in [3.05, 3.63) is 64.4 Å². The van der Waals surface area contributed by atoms with Crippen molar-refractivity contribution in [2.24, 2.45) is 7.05 Å². The van der Waals surface area contributed by atoms with Crippen molar-refractivity contribution in [1.29, 1.82) is 0 Å². The fraction of sp³-hybridized carbons (Fsp3) is 0.150. The summed E-state index contributed by atoms with van der Waals surface area (Å²) in [6.45, 7) is 1.80. The van der Waals surface area contributed by atoms with Crippen molar-refractivity contribution in [2.75, 3.05) is 0 Å². The number of hydrogen-bond acceptors (Lipinski definition) is 8. The Morgan fingerprint density at radius 2 is 2.16 bits per heavy atom. The van der Waals surface area contributed by atoms with E-state index < -0.39 is 16.9 Å². The third-order valence-corrected chi connectivity index (χ3v) is 6.14. The van der Waals surface area contributed by atoms with Crippen molar-refractivity contribution in [1.82, 2.24) is 35.0 Å². The van der Waals surface area contributed by atoms with Crippen LogP contribution in [0, 0.1) is 10.1 Å². The smallest absolute Gasteiger partial charge is 0.319 e. The van der Waals surface area contributed by atoms with E-state index >= 15 is 0 Å². The Bertz CT molecular complexity index is 1500. The summed E-state index contributed by atoms with van der Waals surface area (Å²) in [5, 5.41) is 20.6. The van der Waals surface area contributed by atoms with Crippen LogP contribution >= 0.6 is 11.3 Å². The number of nitro groups is 1. The molecule has 1 amide bonds. The van der Waals surface area contributed by atoms with Gasteiger partial charge in [0.2, 0.25) is 5.69 Å². The molecule has 0 saturated heterocycles. The summed E-state index contributed by atoms with van der Waals surface area (Å²) < 4.78 is 1.92. The van der Waals surface area contributed by atoms with Gasteiger partial charge in [-0.05, 0) is 18.6 Å². The molecule has 0 radical (unpaired) electrons. The highest BCUT2D eigenvalue weighted by Crippen LogP contribution is 2.33. The van der Waals surface area contributed by atoms with Crippen LogP contribution in [0.2, 0.25) is 0 Å². The number of hydrogen-bond donors (Lipinski definition) is 2. The second-order valence-electron chi connectivity index (χ2n) is 7.23. The van der Waals surface area contributed by atoms with Gasteiger partial charge < -0.3 is 9.88 Å². The zero-order valence-electron chi connectivity index (χ0n) is 16.9. The summed E-state index contributed by atoms with van der Waals surface area (Å²) in [6.07, 6.45) is 4.49. The van der Waals surface area contributed by atoms with Crippen molar-refractivity contribution in [2.45, 2.75) is 13.0 Å². The molecule has 0 unspecified atom stereocenters. The maximum Gasteiger partial charge on any atom is 0.319 e. The van der Waals surface area contributed by atoms with Gasteiger partial charge in [0, 0.05) is 12.6 Å². The third-order valence-electron chi connectivity index (χ3n) is 5.13. The molecule has 5 rings (SSSR count). The van der Waals surface area contributed by atoms with Gasteiger partial charge in [-0.15, -0.1) is 0 Å². The number of benzene rings is 1. The van der Waals surface area contributed by atoms with E-state index in [4.69, 9.17) is 4.98 Å². The molecule has 0 aliphatic heterocycles. The molecule has 5 aromatic rings. The van der Waals surface area contributed by atoms with E-state index in [1.54, 1.807) is 19.4 Å². The number of fused-ring (bicyclic) bond motifs is 3. The van der Waals surface area contributed by atoms with Gasteiger partial charge in [-0.1, -0.05) is 29.5 Å². The van der Waals surface area contributed by atoms with Gasteiger partial charge in [-0.3, -0.25) is 20.0 Å². The SMILES string of the molecule is C[C@H](NC(=O)c1[nH]ncc1[N+](=O)[O-])c1cccc(-c2nc3c(ncc4ncn(C)c43)s2)c1. The predicted octanol–water partition coefficient (Wildman–Crippen LogP) is 3.37. The molecule has 0 bridgehead atoms. The third kappa shape index (κ3) is 3.26. The molecule has 2 N–H and O–H groups in total. The van der Waals surface area contributed by atoms with Gasteiger partial charge in [-0.2, -0.15) is 5.10 Å². The Hall–Kier alpha value is -4.19. The Balaban J connectivity index is 1.45. The number of H-pyrrole nitrogens is 1. The number of rotatable bonds is 5. The first kappa shape index (κ1) is 19.8. The maximum absolute atomic E-state index is 12.5. The van der Waals surface area contributed by atoms with Gasteiger partial charge in [0.25, 0.3) is 5.91 Å². The summed E-state index contributed by atoms with van der Waals surface area (Å²) in [6, 6.07) is 7.23. The summed E-state index contributed by atoms with van der Waals surface area (Å²) in [5.41, 5.74) is 3.67. The fourth-order valence-corrected chi connectivity index (χ4v) is 4.42. The number of imidazole rings is 1. The largest absolute Gasteiger partial charge is 0.344 e. The number of aromatic amines is 1. The van der Waals surface area contributed by atoms with Crippen LogP contribution in [0.25, 0.3) is 32.0 Å². The molecule has 0 saturated carbocycles. The van der Waals surface area contributed by atoms with Crippen LogP contribution in [-0.4, -0.2) is 40.5 Å². The van der Waals surface area contributed by atoms with Crippen LogP contribution in [0.1, 0.15) is 29.0 Å². The standard InChI is InChI=1S/C20H16N8O3S/c1-10(24-18(29)15-14(28(30)31)8-23-26-15)11-4-3-5-12(6-11)19-25-16-17-13(22-9-27(17)2)7-21-20(16)32-19/h3-10H,1-2H3,(H,23,26)(H,24,29)/t10-/m0/s1. The monoisotopic (exact) mass is 448 g/mol. The van der Waals surface area contributed by atoms with Crippen LogP contribution in [0.15, 0.2) is 43.0 Å². The molecule has 0 aliphatic carbocycles. The molecular formula is C20H16N8O3S. The summed E-state index contributed by atoms with van der Waals surface area (Å²) in [5.74, 6) is -0.602. The molecular weight excluding hydrogens is 432 g/mol. The van der Waals surface area contributed by atoms with Gasteiger partial charge in [0.05, 0.1) is 29.0 Å². The van der Waals surface area contributed by atoms with Crippen LogP contribution in [-0.2, 0) is 7.05 Å². The topological polar surface area (TPSA) is 145 Å². The molecule has 1 atom stereocenters. The molecule has 32 heavy (non-hydrogen) atoms. The lowest BCUT2D eigenvalue weighted by Crippen LogP contribution is -2.27. The number of amides is 1. The lowest BCUT2D eigenvalue weighted by molar-refractivity contribution is -0.385. The highest BCUT2D eigenvalue weighted by Gasteiger charge is 2.24. The first-order valence-electron chi connectivity index (χ1n) is 9.58. The predicted molar refractivity (Wildman–Crippen MR) is 118 cm³/mol. The lowest BCUT2D eigenvalue weighted by Gasteiger charge is -2.14. The number of thiazole rings is 1.